The molecule has 3 aromatic carbocycles. The summed E-state index contributed by atoms with van der Waals surface area (Å²) in [5.41, 5.74) is 3.46. The van der Waals surface area contributed by atoms with E-state index in [4.69, 9.17) is 4.74 Å². The van der Waals surface area contributed by atoms with Gasteiger partial charge in [-0.05, 0) is 43.0 Å². The van der Waals surface area contributed by atoms with Crippen molar-refractivity contribution in [2.24, 2.45) is 0 Å². The molecule has 0 radical (unpaired) electrons. The molecule has 1 N–H and O–H groups in total. The first kappa shape index (κ1) is 24.4. The molecule has 2 aliphatic rings. The third-order valence-corrected chi connectivity index (χ3v) is 7.19. The Morgan fingerprint density at radius 3 is 2.14 bits per heavy atom. The van der Waals surface area contributed by atoms with Crippen LogP contribution in [0.1, 0.15) is 31.8 Å². The van der Waals surface area contributed by atoms with Gasteiger partial charge in [-0.15, -0.1) is 0 Å². The maximum absolute atomic E-state index is 13.1. The molecule has 2 aliphatic heterocycles. The molecule has 0 aliphatic carbocycles. The summed E-state index contributed by atoms with van der Waals surface area (Å²) in [6, 6.07) is 17.3. The molecule has 0 aromatic heterocycles. The molecule has 2 heterocycles. The quantitative estimate of drug-likeness (QED) is 0.493. The second kappa shape index (κ2) is 10.4. The van der Waals surface area contributed by atoms with E-state index in [1.165, 1.54) is 10.5 Å². The normalized spacial score (nSPS) is 17.6. The van der Waals surface area contributed by atoms with E-state index in [-0.39, 0.29) is 18.4 Å². The Bertz CT molecular complexity index is 1230. The maximum atomic E-state index is 13.1. The number of aliphatic hydroxyl groups excluding tert-OH is 1. The maximum Gasteiger partial charge on any atom is 0.261 e. The van der Waals surface area contributed by atoms with Crippen molar-refractivity contribution in [3.63, 3.8) is 0 Å². The monoisotopic (exact) mass is 487 g/mol. The van der Waals surface area contributed by atoms with Gasteiger partial charge in [-0.2, -0.15) is 0 Å². The summed E-state index contributed by atoms with van der Waals surface area (Å²) >= 11 is 0. The van der Waals surface area contributed by atoms with Gasteiger partial charge < -0.3 is 9.84 Å². The largest absolute Gasteiger partial charge is 0.491 e. The van der Waals surface area contributed by atoms with Gasteiger partial charge in [-0.25, -0.2) is 0 Å². The molecule has 1 saturated heterocycles. The van der Waals surface area contributed by atoms with Gasteiger partial charge >= 0.3 is 0 Å². The molecule has 0 spiro atoms. The average molecular weight is 488 g/mol. The average Bonchev–Trinajstić information content (AvgIpc) is 2.87. The Balaban J connectivity index is 1.10. The van der Waals surface area contributed by atoms with Gasteiger partial charge in [0, 0.05) is 62.3 Å². The lowest BCUT2D eigenvalue weighted by molar-refractivity contribution is 0.0415. The number of hydrogen-bond donors (Lipinski definition) is 1. The summed E-state index contributed by atoms with van der Waals surface area (Å²) in [4.78, 5) is 32.1. The SMILES string of the molecule is Cc1ccc(OC[C@@H](O)CN2CCN(CCN3C(=O)c4cccc5cccc(c45)C3=O)CC2)c(C)c1. The van der Waals surface area contributed by atoms with Gasteiger partial charge in [0.25, 0.3) is 11.8 Å². The third kappa shape index (κ3) is 5.00. The van der Waals surface area contributed by atoms with Crippen molar-refractivity contribution in [1.82, 2.24) is 14.7 Å². The molecule has 7 heteroatoms. The van der Waals surface area contributed by atoms with Crippen molar-refractivity contribution < 1.29 is 19.4 Å². The summed E-state index contributed by atoms with van der Waals surface area (Å²) in [6.07, 6.45) is -0.566. The number of carbonyl (C=O) groups excluding carboxylic acids is 2. The standard InChI is InChI=1S/C29H33N3O4/c1-20-9-10-26(21(2)17-20)36-19-23(33)18-31-13-11-30(12-14-31)15-16-32-28(34)24-7-3-5-22-6-4-8-25(27(22)24)29(32)35/h3-10,17,23,33H,11-16,18-19H2,1-2H3/t23-/m0/s1. The minimum absolute atomic E-state index is 0.213. The number of ether oxygens (including phenoxy) is 1. The smallest absolute Gasteiger partial charge is 0.261 e. The zero-order valence-electron chi connectivity index (χ0n) is 20.9. The second-order valence-corrected chi connectivity index (χ2v) is 9.85. The van der Waals surface area contributed by atoms with Crippen LogP contribution in [0.4, 0.5) is 0 Å². The van der Waals surface area contributed by atoms with Crippen LogP contribution in [0, 0.1) is 13.8 Å². The minimum Gasteiger partial charge on any atom is -0.491 e. The zero-order chi connectivity index (χ0) is 25.2. The van der Waals surface area contributed by atoms with Gasteiger partial charge in [0.15, 0.2) is 0 Å². The number of hydrogen-bond acceptors (Lipinski definition) is 6. The zero-order valence-corrected chi connectivity index (χ0v) is 20.9. The first-order chi connectivity index (χ1) is 17.4. The molecule has 7 nitrogen and oxygen atoms in total. The van der Waals surface area contributed by atoms with E-state index < -0.39 is 6.10 Å². The first-order valence-corrected chi connectivity index (χ1v) is 12.6. The highest BCUT2D eigenvalue weighted by Crippen LogP contribution is 2.29. The number of piperazine rings is 1. The summed E-state index contributed by atoms with van der Waals surface area (Å²) in [5.74, 6) is 0.384. The number of aliphatic hydroxyl groups is 1. The van der Waals surface area contributed by atoms with E-state index in [1.54, 1.807) is 0 Å². The van der Waals surface area contributed by atoms with Crippen LogP contribution in [0.15, 0.2) is 54.6 Å². The fourth-order valence-corrected chi connectivity index (χ4v) is 5.22. The van der Waals surface area contributed by atoms with Crippen molar-refractivity contribution in [3.8, 4) is 5.75 Å². The number of carbonyl (C=O) groups is 2. The number of aryl methyl sites for hydroxylation is 2. The summed E-state index contributed by atoms with van der Waals surface area (Å²) < 4.78 is 5.83. The number of β-amino-alcohol motifs (C(OH)–C–C–N with tert-alkyl or cyclic N) is 1. The van der Waals surface area contributed by atoms with Crippen LogP contribution >= 0.6 is 0 Å². The van der Waals surface area contributed by atoms with E-state index in [0.29, 0.717) is 30.8 Å². The lowest BCUT2D eigenvalue weighted by Crippen LogP contribution is -2.51. The number of nitrogens with zero attached hydrogens (tertiary/aromatic N) is 3. The van der Waals surface area contributed by atoms with Crippen LogP contribution in [0.2, 0.25) is 0 Å². The Morgan fingerprint density at radius 2 is 1.50 bits per heavy atom. The predicted octanol–water partition coefficient (Wildman–Crippen LogP) is 3.11. The van der Waals surface area contributed by atoms with E-state index in [2.05, 4.69) is 15.9 Å². The topological polar surface area (TPSA) is 73.3 Å². The Morgan fingerprint density at radius 1 is 0.861 bits per heavy atom. The lowest BCUT2D eigenvalue weighted by atomic mass is 9.94. The van der Waals surface area contributed by atoms with E-state index in [1.807, 2.05) is 62.4 Å². The molecule has 2 amide bonds. The summed E-state index contributed by atoms with van der Waals surface area (Å²) in [5, 5.41) is 12.2. The predicted molar refractivity (Wildman–Crippen MR) is 140 cm³/mol. The van der Waals surface area contributed by atoms with Crippen molar-refractivity contribution in [3.05, 3.63) is 76.9 Å². The van der Waals surface area contributed by atoms with Crippen LogP contribution in [-0.4, -0.2) is 90.1 Å². The molecular formula is C29H33N3O4. The number of imide groups is 1. The molecule has 0 unspecified atom stereocenters. The molecule has 36 heavy (non-hydrogen) atoms. The van der Waals surface area contributed by atoms with E-state index >= 15 is 0 Å². The van der Waals surface area contributed by atoms with Crippen LogP contribution in [0.5, 0.6) is 5.75 Å². The van der Waals surface area contributed by atoms with Gasteiger partial charge in [0.05, 0.1) is 0 Å². The fourth-order valence-electron chi connectivity index (χ4n) is 5.22. The van der Waals surface area contributed by atoms with Crippen LogP contribution in [0.25, 0.3) is 10.8 Å². The minimum atomic E-state index is -0.566. The Hall–Kier alpha value is -3.26. The van der Waals surface area contributed by atoms with Crippen LogP contribution in [0.3, 0.4) is 0 Å². The van der Waals surface area contributed by atoms with Gasteiger partial charge in [0.1, 0.15) is 18.5 Å². The molecule has 188 valence electrons. The van der Waals surface area contributed by atoms with Crippen LogP contribution < -0.4 is 4.74 Å². The number of benzene rings is 3. The Labute approximate surface area is 211 Å². The molecule has 3 aromatic rings. The summed E-state index contributed by atoms with van der Waals surface area (Å²) in [7, 11) is 0. The molecule has 1 atom stereocenters. The van der Waals surface area contributed by atoms with Gasteiger partial charge in [-0.1, -0.05) is 42.0 Å². The van der Waals surface area contributed by atoms with Gasteiger partial charge in [-0.3, -0.25) is 24.3 Å². The highest BCUT2D eigenvalue weighted by molar-refractivity contribution is 6.25. The van der Waals surface area contributed by atoms with Crippen molar-refractivity contribution >= 4 is 22.6 Å². The van der Waals surface area contributed by atoms with E-state index in [9.17, 15) is 14.7 Å². The molecule has 1 fully saturated rings. The second-order valence-electron chi connectivity index (χ2n) is 9.85. The Kier molecular flexibility index (Phi) is 7.05. The van der Waals surface area contributed by atoms with Crippen molar-refractivity contribution in [1.29, 1.82) is 0 Å². The molecule has 5 rings (SSSR count). The number of amides is 2. The molecule has 0 bridgehead atoms. The highest BCUT2D eigenvalue weighted by atomic mass is 16.5. The third-order valence-electron chi connectivity index (χ3n) is 7.19. The summed E-state index contributed by atoms with van der Waals surface area (Å²) in [6.45, 7) is 9.19. The van der Waals surface area contributed by atoms with Crippen molar-refractivity contribution in [2.75, 3.05) is 52.4 Å². The fraction of sp³-hybridized carbons (Fsp3) is 0.379. The molecule has 0 saturated carbocycles. The van der Waals surface area contributed by atoms with E-state index in [0.717, 1.165) is 48.3 Å². The lowest BCUT2D eigenvalue weighted by Gasteiger charge is -2.36. The van der Waals surface area contributed by atoms with Gasteiger partial charge in [0.2, 0.25) is 0 Å². The first-order valence-electron chi connectivity index (χ1n) is 12.6. The van der Waals surface area contributed by atoms with Crippen LogP contribution in [-0.2, 0) is 0 Å². The highest BCUT2D eigenvalue weighted by Gasteiger charge is 2.33. The molecular weight excluding hydrogens is 454 g/mol. The number of rotatable bonds is 8. The van der Waals surface area contributed by atoms with Crippen molar-refractivity contribution in [2.45, 2.75) is 20.0 Å².